The van der Waals surface area contributed by atoms with Gasteiger partial charge in [-0.1, -0.05) is 0 Å². The first-order valence-electron chi connectivity index (χ1n) is 9.62. The maximum Gasteiger partial charge on any atom is 0.130 e. The topological polar surface area (TPSA) is 94.5 Å². The average molecular weight is 391 g/mol. The minimum atomic E-state index is 0.227. The summed E-state index contributed by atoms with van der Waals surface area (Å²) < 4.78 is 7.42. The van der Waals surface area contributed by atoms with Crippen LogP contribution in [0.4, 0.5) is 5.82 Å². The molecular formula is C21H25N7O. The molecule has 0 amide bonds. The summed E-state index contributed by atoms with van der Waals surface area (Å²) in [6, 6.07) is 6.23. The van der Waals surface area contributed by atoms with Gasteiger partial charge < -0.3 is 15.4 Å². The number of anilines is 1. The van der Waals surface area contributed by atoms with Crippen LogP contribution >= 0.6 is 0 Å². The maximum atomic E-state index is 5.69. The van der Waals surface area contributed by atoms with Gasteiger partial charge >= 0.3 is 0 Å². The van der Waals surface area contributed by atoms with Crippen LogP contribution in [-0.2, 0) is 11.8 Å². The van der Waals surface area contributed by atoms with Gasteiger partial charge in [0, 0.05) is 44.0 Å². The first kappa shape index (κ1) is 19.1. The minimum Gasteiger partial charge on any atom is -0.405 e. The van der Waals surface area contributed by atoms with Gasteiger partial charge in [-0.3, -0.25) is 14.7 Å². The lowest BCUT2D eigenvalue weighted by Gasteiger charge is -2.34. The van der Waals surface area contributed by atoms with E-state index in [0.717, 1.165) is 45.9 Å². The van der Waals surface area contributed by atoms with Crippen LogP contribution in [0.1, 0.15) is 12.5 Å². The van der Waals surface area contributed by atoms with E-state index in [1.54, 1.807) is 19.4 Å². The van der Waals surface area contributed by atoms with Gasteiger partial charge in [0.05, 0.1) is 30.7 Å². The van der Waals surface area contributed by atoms with Crippen molar-refractivity contribution in [2.24, 2.45) is 17.8 Å². The van der Waals surface area contributed by atoms with Crippen LogP contribution in [0.3, 0.4) is 0 Å². The normalized spacial score (nSPS) is 18.1. The van der Waals surface area contributed by atoms with Crippen LogP contribution in [0.15, 0.2) is 47.9 Å². The second-order valence-electron chi connectivity index (χ2n) is 7.01. The van der Waals surface area contributed by atoms with Crippen LogP contribution in [0.2, 0.25) is 0 Å². The number of nitrogens with zero attached hydrogens (tertiary/aromatic N) is 6. The number of ether oxygens (including phenoxy) is 1. The highest BCUT2D eigenvalue weighted by Crippen LogP contribution is 2.31. The third-order valence-corrected chi connectivity index (χ3v) is 5.21. The largest absolute Gasteiger partial charge is 0.405 e. The lowest BCUT2D eigenvalue weighted by Crippen LogP contribution is -2.44. The second kappa shape index (κ2) is 8.00. The SMILES string of the molecule is CN=C(C=CN)c1cc(N2CCOC[C@H]2C)nc2c(-c3ccnn3C)nccc12. The molecule has 0 aromatic carbocycles. The summed E-state index contributed by atoms with van der Waals surface area (Å²) in [5.41, 5.74) is 9.97. The Balaban J connectivity index is 2.01. The quantitative estimate of drug-likeness (QED) is 0.685. The summed E-state index contributed by atoms with van der Waals surface area (Å²) in [5.74, 6) is 0.881. The van der Waals surface area contributed by atoms with Crippen LogP contribution in [0, 0.1) is 0 Å². The number of hydrogen-bond donors (Lipinski definition) is 1. The zero-order valence-corrected chi connectivity index (χ0v) is 16.9. The van der Waals surface area contributed by atoms with E-state index >= 15 is 0 Å². The second-order valence-corrected chi connectivity index (χ2v) is 7.01. The lowest BCUT2D eigenvalue weighted by molar-refractivity contribution is 0.0986. The summed E-state index contributed by atoms with van der Waals surface area (Å²) in [7, 11) is 3.67. The molecule has 0 spiro atoms. The summed E-state index contributed by atoms with van der Waals surface area (Å²) in [4.78, 5) is 16.4. The fourth-order valence-corrected chi connectivity index (χ4v) is 3.73. The highest BCUT2D eigenvalue weighted by molar-refractivity contribution is 6.17. The average Bonchev–Trinajstić information content (AvgIpc) is 3.17. The van der Waals surface area contributed by atoms with Crippen molar-refractivity contribution in [3.63, 3.8) is 0 Å². The Labute approximate surface area is 169 Å². The van der Waals surface area contributed by atoms with Gasteiger partial charge in [0.2, 0.25) is 0 Å². The minimum absolute atomic E-state index is 0.227. The van der Waals surface area contributed by atoms with Crippen LogP contribution in [0.5, 0.6) is 0 Å². The predicted molar refractivity (Wildman–Crippen MR) is 115 cm³/mol. The van der Waals surface area contributed by atoms with Crippen LogP contribution < -0.4 is 10.6 Å². The smallest absolute Gasteiger partial charge is 0.130 e. The molecule has 29 heavy (non-hydrogen) atoms. The molecule has 3 aromatic rings. The molecule has 1 aliphatic heterocycles. The standard InChI is InChI=1S/C21H25N7O/c1-14-13-29-11-10-28(14)19-12-16(17(23-2)4-7-22)15-5-8-24-21(20(15)26-19)18-6-9-25-27(18)3/h4-9,12,14H,10-11,13,22H2,1-3H3/t14-/m1/s1. The molecule has 0 saturated carbocycles. The number of aliphatic imine (C=N–C) groups is 1. The molecule has 1 aliphatic rings. The lowest BCUT2D eigenvalue weighted by atomic mass is 10.0. The zero-order chi connectivity index (χ0) is 20.4. The van der Waals surface area contributed by atoms with Crippen molar-refractivity contribution >= 4 is 22.4 Å². The first-order chi connectivity index (χ1) is 14.1. The summed E-state index contributed by atoms with van der Waals surface area (Å²) in [6.45, 7) is 4.28. The number of allylic oxidation sites excluding steroid dienone is 1. The van der Waals surface area contributed by atoms with E-state index in [9.17, 15) is 0 Å². The van der Waals surface area contributed by atoms with E-state index in [1.165, 1.54) is 6.20 Å². The van der Waals surface area contributed by atoms with Gasteiger partial charge in [0.1, 0.15) is 17.0 Å². The molecular weight excluding hydrogens is 366 g/mol. The maximum absolute atomic E-state index is 5.69. The molecule has 4 rings (SSSR count). The van der Waals surface area contributed by atoms with E-state index in [4.69, 9.17) is 15.5 Å². The molecule has 1 atom stereocenters. The third-order valence-electron chi connectivity index (χ3n) is 5.21. The Morgan fingerprint density at radius 2 is 2.21 bits per heavy atom. The molecule has 1 saturated heterocycles. The van der Waals surface area contributed by atoms with Gasteiger partial charge in [0.15, 0.2) is 0 Å². The number of morpholine rings is 1. The van der Waals surface area contributed by atoms with E-state index < -0.39 is 0 Å². The van der Waals surface area contributed by atoms with Crippen LogP contribution in [-0.4, -0.2) is 58.3 Å². The molecule has 150 valence electrons. The summed E-state index contributed by atoms with van der Waals surface area (Å²) in [6.07, 6.45) is 6.88. The van der Waals surface area contributed by atoms with Crippen LogP contribution in [0.25, 0.3) is 22.3 Å². The van der Waals surface area contributed by atoms with Crippen molar-refractivity contribution < 1.29 is 4.74 Å². The van der Waals surface area contributed by atoms with E-state index in [1.807, 2.05) is 29.9 Å². The van der Waals surface area contributed by atoms with Gasteiger partial charge in [-0.05, 0) is 37.4 Å². The Morgan fingerprint density at radius 1 is 1.34 bits per heavy atom. The molecule has 8 heteroatoms. The number of aromatic nitrogens is 4. The highest BCUT2D eigenvalue weighted by Gasteiger charge is 2.23. The zero-order valence-electron chi connectivity index (χ0n) is 16.9. The number of rotatable bonds is 4. The molecule has 0 unspecified atom stereocenters. The van der Waals surface area contributed by atoms with Gasteiger partial charge in [0.25, 0.3) is 0 Å². The third kappa shape index (κ3) is 3.47. The van der Waals surface area contributed by atoms with Crippen molar-refractivity contribution in [1.29, 1.82) is 0 Å². The molecule has 2 N–H and O–H groups in total. The monoisotopic (exact) mass is 391 g/mol. The highest BCUT2D eigenvalue weighted by atomic mass is 16.5. The Morgan fingerprint density at radius 3 is 2.90 bits per heavy atom. The summed E-state index contributed by atoms with van der Waals surface area (Å²) in [5, 5.41) is 5.27. The Hall–Kier alpha value is -3.26. The van der Waals surface area contributed by atoms with Gasteiger partial charge in [-0.2, -0.15) is 5.10 Å². The predicted octanol–water partition coefficient (Wildman–Crippen LogP) is 2.15. The van der Waals surface area contributed by atoms with Crippen molar-refractivity contribution in [2.45, 2.75) is 13.0 Å². The molecule has 4 heterocycles. The van der Waals surface area contributed by atoms with Crippen molar-refractivity contribution in [1.82, 2.24) is 19.7 Å². The van der Waals surface area contributed by atoms with Gasteiger partial charge in [-0.15, -0.1) is 0 Å². The molecule has 1 fully saturated rings. The van der Waals surface area contributed by atoms with E-state index in [2.05, 4.69) is 33.0 Å². The number of pyridine rings is 2. The molecule has 3 aromatic heterocycles. The summed E-state index contributed by atoms with van der Waals surface area (Å²) >= 11 is 0. The van der Waals surface area contributed by atoms with Gasteiger partial charge in [-0.25, -0.2) is 4.98 Å². The molecule has 0 bridgehead atoms. The number of fused-ring (bicyclic) bond motifs is 1. The molecule has 0 radical (unpaired) electrons. The molecule has 8 nitrogen and oxygen atoms in total. The Kier molecular flexibility index (Phi) is 5.26. The van der Waals surface area contributed by atoms with Crippen molar-refractivity contribution in [2.75, 3.05) is 31.7 Å². The number of nitrogens with two attached hydrogens (primary N) is 1. The van der Waals surface area contributed by atoms with E-state index in [-0.39, 0.29) is 6.04 Å². The Bertz CT molecular complexity index is 1090. The fourth-order valence-electron chi connectivity index (χ4n) is 3.73. The molecule has 0 aliphatic carbocycles. The van der Waals surface area contributed by atoms with Crippen molar-refractivity contribution in [3.05, 3.63) is 48.4 Å². The fraction of sp³-hybridized carbons (Fsp3) is 0.333. The number of hydrogen-bond acceptors (Lipinski definition) is 7. The van der Waals surface area contributed by atoms with E-state index in [0.29, 0.717) is 13.2 Å². The number of aryl methyl sites for hydroxylation is 1. The van der Waals surface area contributed by atoms with Crippen molar-refractivity contribution in [3.8, 4) is 11.4 Å². The first-order valence-corrected chi connectivity index (χ1v) is 9.62.